The standard InChI is InChI=1S/C15H32N4O3S/c1-5-22-14(13(2)3)7-8-17-15(16-4)18-9-11-19-10-6-12-23(19,20)21/h13-14H,5-12H2,1-4H3,(H2,16,17,18). The van der Waals surface area contributed by atoms with Gasteiger partial charge in [-0.15, -0.1) is 0 Å². The van der Waals surface area contributed by atoms with Crippen LogP contribution in [0.2, 0.25) is 0 Å². The largest absolute Gasteiger partial charge is 0.378 e. The first-order valence-corrected chi connectivity index (χ1v) is 10.1. The molecule has 23 heavy (non-hydrogen) atoms. The smallest absolute Gasteiger partial charge is 0.214 e. The van der Waals surface area contributed by atoms with Gasteiger partial charge >= 0.3 is 0 Å². The van der Waals surface area contributed by atoms with Crippen LogP contribution in [-0.2, 0) is 14.8 Å². The monoisotopic (exact) mass is 348 g/mol. The second-order valence-electron chi connectivity index (χ2n) is 6.02. The summed E-state index contributed by atoms with van der Waals surface area (Å²) in [7, 11) is -1.31. The molecule has 1 saturated heterocycles. The molecule has 0 saturated carbocycles. The Kier molecular flexibility index (Phi) is 8.86. The molecular formula is C15H32N4O3S. The zero-order valence-corrected chi connectivity index (χ0v) is 15.7. The van der Waals surface area contributed by atoms with E-state index in [0.29, 0.717) is 31.5 Å². The summed E-state index contributed by atoms with van der Waals surface area (Å²) in [6.45, 7) is 9.48. The van der Waals surface area contributed by atoms with Crippen molar-refractivity contribution < 1.29 is 13.2 Å². The van der Waals surface area contributed by atoms with E-state index in [4.69, 9.17) is 4.74 Å². The van der Waals surface area contributed by atoms with Crippen LogP contribution < -0.4 is 10.6 Å². The van der Waals surface area contributed by atoms with Crippen LogP contribution in [0.4, 0.5) is 0 Å². The lowest BCUT2D eigenvalue weighted by molar-refractivity contribution is 0.0258. The van der Waals surface area contributed by atoms with Gasteiger partial charge < -0.3 is 15.4 Å². The van der Waals surface area contributed by atoms with Crippen molar-refractivity contribution in [1.82, 2.24) is 14.9 Å². The zero-order chi connectivity index (χ0) is 17.3. The highest BCUT2D eigenvalue weighted by Gasteiger charge is 2.27. The molecule has 1 unspecified atom stereocenters. The van der Waals surface area contributed by atoms with Crippen LogP contribution in [0.1, 0.15) is 33.6 Å². The van der Waals surface area contributed by atoms with Gasteiger partial charge in [0.1, 0.15) is 0 Å². The molecule has 1 rings (SSSR count). The maximum atomic E-state index is 11.7. The summed E-state index contributed by atoms with van der Waals surface area (Å²) in [5.74, 6) is 1.45. The molecule has 0 bridgehead atoms. The minimum Gasteiger partial charge on any atom is -0.378 e. The Morgan fingerprint density at radius 2 is 2.00 bits per heavy atom. The van der Waals surface area contributed by atoms with Crippen molar-refractivity contribution in [1.29, 1.82) is 0 Å². The fourth-order valence-corrected chi connectivity index (χ4v) is 4.15. The van der Waals surface area contributed by atoms with E-state index in [1.54, 1.807) is 7.05 Å². The average molecular weight is 349 g/mol. The van der Waals surface area contributed by atoms with Crippen LogP contribution in [0.25, 0.3) is 0 Å². The molecular weight excluding hydrogens is 316 g/mol. The van der Waals surface area contributed by atoms with E-state index in [1.165, 1.54) is 4.31 Å². The lowest BCUT2D eigenvalue weighted by Gasteiger charge is -2.22. The van der Waals surface area contributed by atoms with Crippen molar-refractivity contribution in [3.05, 3.63) is 0 Å². The summed E-state index contributed by atoms with van der Waals surface area (Å²) < 4.78 is 30.7. The topological polar surface area (TPSA) is 83.0 Å². The van der Waals surface area contributed by atoms with Gasteiger partial charge in [-0.25, -0.2) is 12.7 Å². The number of sulfonamides is 1. The Hall–Kier alpha value is -0.860. The molecule has 136 valence electrons. The van der Waals surface area contributed by atoms with Crippen molar-refractivity contribution in [2.24, 2.45) is 10.9 Å². The molecule has 1 heterocycles. The molecule has 0 aromatic carbocycles. The highest BCUT2D eigenvalue weighted by Crippen LogP contribution is 2.12. The number of hydrogen-bond acceptors (Lipinski definition) is 4. The molecule has 0 aliphatic carbocycles. The first-order chi connectivity index (χ1) is 10.9. The lowest BCUT2D eigenvalue weighted by atomic mass is 10.0. The third-order valence-electron chi connectivity index (χ3n) is 3.93. The van der Waals surface area contributed by atoms with Gasteiger partial charge in [-0.3, -0.25) is 4.99 Å². The fourth-order valence-electron chi connectivity index (χ4n) is 2.62. The maximum absolute atomic E-state index is 11.7. The summed E-state index contributed by atoms with van der Waals surface area (Å²) in [6.07, 6.45) is 1.87. The molecule has 0 radical (unpaired) electrons. The Morgan fingerprint density at radius 1 is 1.30 bits per heavy atom. The number of aliphatic imine (C=N–C) groups is 1. The van der Waals surface area contributed by atoms with Gasteiger partial charge in [-0.05, 0) is 25.7 Å². The van der Waals surface area contributed by atoms with E-state index in [0.717, 1.165) is 26.0 Å². The average Bonchev–Trinajstić information content (AvgIpc) is 2.83. The number of nitrogens with zero attached hydrogens (tertiary/aromatic N) is 2. The van der Waals surface area contributed by atoms with Crippen LogP contribution in [0.3, 0.4) is 0 Å². The molecule has 7 nitrogen and oxygen atoms in total. The van der Waals surface area contributed by atoms with E-state index in [9.17, 15) is 8.42 Å². The van der Waals surface area contributed by atoms with E-state index in [1.807, 2.05) is 6.92 Å². The van der Waals surface area contributed by atoms with Gasteiger partial charge in [0.2, 0.25) is 10.0 Å². The Balaban J connectivity index is 2.27. The second-order valence-corrected chi connectivity index (χ2v) is 8.11. The summed E-state index contributed by atoms with van der Waals surface area (Å²) >= 11 is 0. The van der Waals surface area contributed by atoms with Crippen molar-refractivity contribution in [2.45, 2.75) is 39.7 Å². The molecule has 2 N–H and O–H groups in total. The first-order valence-electron chi connectivity index (χ1n) is 8.44. The number of hydrogen-bond donors (Lipinski definition) is 2. The minimum atomic E-state index is -3.02. The van der Waals surface area contributed by atoms with Crippen LogP contribution in [0.5, 0.6) is 0 Å². The molecule has 0 aromatic rings. The molecule has 1 aliphatic rings. The first kappa shape index (κ1) is 20.2. The quantitative estimate of drug-likeness (QED) is 0.472. The Labute approximate surface area is 140 Å². The van der Waals surface area contributed by atoms with E-state index in [-0.39, 0.29) is 11.9 Å². The zero-order valence-electron chi connectivity index (χ0n) is 14.8. The normalized spacial score (nSPS) is 20.0. The van der Waals surface area contributed by atoms with Crippen molar-refractivity contribution in [2.75, 3.05) is 45.6 Å². The maximum Gasteiger partial charge on any atom is 0.214 e. The third-order valence-corrected chi connectivity index (χ3v) is 5.88. The molecule has 1 aliphatic heterocycles. The molecule has 8 heteroatoms. The van der Waals surface area contributed by atoms with Crippen LogP contribution in [0, 0.1) is 5.92 Å². The molecule has 1 atom stereocenters. The summed E-state index contributed by atoms with van der Waals surface area (Å²) in [4.78, 5) is 4.16. The molecule has 1 fully saturated rings. The fraction of sp³-hybridized carbons (Fsp3) is 0.933. The van der Waals surface area contributed by atoms with Crippen LogP contribution >= 0.6 is 0 Å². The van der Waals surface area contributed by atoms with Gasteiger partial charge in [0, 0.05) is 39.8 Å². The number of nitrogens with one attached hydrogen (secondary N) is 2. The Morgan fingerprint density at radius 3 is 2.52 bits per heavy atom. The molecule has 0 aromatic heterocycles. The molecule has 0 spiro atoms. The van der Waals surface area contributed by atoms with Gasteiger partial charge in [-0.1, -0.05) is 13.8 Å². The van der Waals surface area contributed by atoms with Gasteiger partial charge in [0.25, 0.3) is 0 Å². The third kappa shape index (κ3) is 7.05. The predicted octanol–water partition coefficient (Wildman–Crippen LogP) is 0.638. The second kappa shape index (κ2) is 10.1. The number of guanidine groups is 1. The number of rotatable bonds is 9. The molecule has 0 amide bonds. The van der Waals surface area contributed by atoms with Crippen molar-refractivity contribution in [3.63, 3.8) is 0 Å². The lowest BCUT2D eigenvalue weighted by Crippen LogP contribution is -2.43. The highest BCUT2D eigenvalue weighted by atomic mass is 32.2. The summed E-state index contributed by atoms with van der Waals surface area (Å²) in [6, 6.07) is 0. The van der Waals surface area contributed by atoms with E-state index < -0.39 is 10.0 Å². The van der Waals surface area contributed by atoms with Gasteiger partial charge in [0.05, 0.1) is 11.9 Å². The van der Waals surface area contributed by atoms with Gasteiger partial charge in [-0.2, -0.15) is 0 Å². The minimum absolute atomic E-state index is 0.236. The summed E-state index contributed by atoms with van der Waals surface area (Å²) in [5, 5.41) is 6.41. The SMILES string of the molecule is CCOC(CCNC(=NC)NCCN1CCCS1(=O)=O)C(C)C. The Bertz CT molecular complexity index is 465. The van der Waals surface area contributed by atoms with Crippen LogP contribution in [0.15, 0.2) is 4.99 Å². The highest BCUT2D eigenvalue weighted by molar-refractivity contribution is 7.89. The predicted molar refractivity (Wildman–Crippen MR) is 94.2 cm³/mol. The van der Waals surface area contributed by atoms with Crippen molar-refractivity contribution >= 4 is 16.0 Å². The van der Waals surface area contributed by atoms with E-state index >= 15 is 0 Å². The summed E-state index contributed by atoms with van der Waals surface area (Å²) in [5.41, 5.74) is 0. The van der Waals surface area contributed by atoms with Crippen LogP contribution in [-0.4, -0.2) is 70.4 Å². The van der Waals surface area contributed by atoms with E-state index in [2.05, 4.69) is 29.5 Å². The number of ether oxygens (including phenoxy) is 1. The van der Waals surface area contributed by atoms with Crippen molar-refractivity contribution in [3.8, 4) is 0 Å². The van der Waals surface area contributed by atoms with Gasteiger partial charge in [0.15, 0.2) is 5.96 Å².